The highest BCUT2D eigenvalue weighted by Crippen LogP contribution is 2.24. The summed E-state index contributed by atoms with van der Waals surface area (Å²) in [4.78, 5) is 25.9. The molecule has 2 aromatic carbocycles. The lowest BCUT2D eigenvalue weighted by Crippen LogP contribution is -2.38. The second kappa shape index (κ2) is 9.38. The van der Waals surface area contributed by atoms with E-state index in [0.29, 0.717) is 17.7 Å². The first-order valence-electron chi connectivity index (χ1n) is 8.68. The lowest BCUT2D eigenvalue weighted by atomic mass is 9.98. The second-order valence-corrected chi connectivity index (χ2v) is 6.10. The van der Waals surface area contributed by atoms with Crippen molar-refractivity contribution in [3.63, 3.8) is 0 Å². The maximum Gasteiger partial charge on any atom is 0.254 e. The van der Waals surface area contributed by atoms with E-state index in [1.807, 2.05) is 24.3 Å². The summed E-state index contributed by atoms with van der Waals surface area (Å²) in [5.41, 5.74) is 2.62. The van der Waals surface area contributed by atoms with Crippen molar-refractivity contribution >= 4 is 11.8 Å². The van der Waals surface area contributed by atoms with E-state index in [1.54, 1.807) is 31.3 Å². The number of nitriles is 1. The van der Waals surface area contributed by atoms with Gasteiger partial charge < -0.3 is 10.2 Å². The van der Waals surface area contributed by atoms with E-state index in [4.69, 9.17) is 0 Å². The van der Waals surface area contributed by atoms with Gasteiger partial charge in [-0.3, -0.25) is 9.59 Å². The van der Waals surface area contributed by atoms with Gasteiger partial charge in [0, 0.05) is 19.2 Å². The van der Waals surface area contributed by atoms with Crippen LogP contribution in [-0.2, 0) is 4.79 Å². The molecule has 2 rings (SSSR count). The van der Waals surface area contributed by atoms with Gasteiger partial charge in [0.2, 0.25) is 5.91 Å². The quantitative estimate of drug-likeness (QED) is 0.780. The molecule has 0 aromatic heterocycles. The molecule has 0 fully saturated rings. The molecule has 0 spiro atoms. The Bertz CT molecular complexity index is 824. The fourth-order valence-electron chi connectivity index (χ4n) is 2.62. The van der Waals surface area contributed by atoms with Crippen LogP contribution in [0.25, 0.3) is 11.1 Å². The Hall–Kier alpha value is -3.13. The van der Waals surface area contributed by atoms with Gasteiger partial charge in [-0.25, -0.2) is 0 Å². The predicted octanol–water partition coefficient (Wildman–Crippen LogP) is 3.21. The molecule has 0 saturated heterocycles. The minimum absolute atomic E-state index is 0.0154. The van der Waals surface area contributed by atoms with E-state index in [2.05, 4.69) is 18.3 Å². The highest BCUT2D eigenvalue weighted by atomic mass is 16.2. The Morgan fingerprint density at radius 2 is 1.92 bits per heavy atom. The van der Waals surface area contributed by atoms with Gasteiger partial charge in [0.15, 0.2) is 0 Å². The maximum atomic E-state index is 12.6. The molecule has 26 heavy (non-hydrogen) atoms. The molecule has 0 bridgehead atoms. The van der Waals surface area contributed by atoms with Gasteiger partial charge in [-0.05, 0) is 35.7 Å². The summed E-state index contributed by atoms with van der Waals surface area (Å²) in [6, 6.07) is 16.6. The van der Waals surface area contributed by atoms with E-state index in [-0.39, 0.29) is 18.4 Å². The van der Waals surface area contributed by atoms with Crippen LogP contribution in [0.5, 0.6) is 0 Å². The van der Waals surface area contributed by atoms with E-state index >= 15 is 0 Å². The Morgan fingerprint density at radius 1 is 1.15 bits per heavy atom. The van der Waals surface area contributed by atoms with Gasteiger partial charge in [0.05, 0.1) is 18.2 Å². The molecule has 5 nitrogen and oxygen atoms in total. The number of hydrogen-bond donors (Lipinski definition) is 1. The first-order chi connectivity index (χ1) is 12.6. The van der Waals surface area contributed by atoms with Crippen molar-refractivity contribution in [2.24, 2.45) is 0 Å². The van der Waals surface area contributed by atoms with E-state index in [9.17, 15) is 14.9 Å². The monoisotopic (exact) mass is 349 g/mol. The third kappa shape index (κ3) is 4.93. The molecule has 1 N–H and O–H groups in total. The Balaban J connectivity index is 2.13. The molecule has 0 unspecified atom stereocenters. The standard InChI is InChI=1S/C21H23N3O2/c1-3-4-12-23-20(25)15-24(2)21(26)17-10-7-9-16(13-17)19-11-6-5-8-18(19)14-22/h5-11,13H,3-4,12,15H2,1-2H3,(H,23,25). The van der Waals surface area contributed by atoms with Crippen LogP contribution in [0.1, 0.15) is 35.7 Å². The number of rotatable bonds is 7. The van der Waals surface area contributed by atoms with Crippen molar-refractivity contribution < 1.29 is 9.59 Å². The summed E-state index contributed by atoms with van der Waals surface area (Å²) in [5, 5.41) is 12.1. The van der Waals surface area contributed by atoms with E-state index < -0.39 is 0 Å². The highest BCUT2D eigenvalue weighted by molar-refractivity contribution is 5.97. The fourth-order valence-corrected chi connectivity index (χ4v) is 2.62. The highest BCUT2D eigenvalue weighted by Gasteiger charge is 2.16. The number of benzene rings is 2. The van der Waals surface area contributed by atoms with Gasteiger partial charge in [-0.2, -0.15) is 5.26 Å². The zero-order valence-corrected chi connectivity index (χ0v) is 15.2. The lowest BCUT2D eigenvalue weighted by molar-refractivity contribution is -0.121. The predicted molar refractivity (Wildman–Crippen MR) is 101 cm³/mol. The lowest BCUT2D eigenvalue weighted by Gasteiger charge is -2.17. The summed E-state index contributed by atoms with van der Waals surface area (Å²) in [7, 11) is 1.61. The van der Waals surface area contributed by atoms with Crippen LogP contribution in [0.15, 0.2) is 48.5 Å². The Kier molecular flexibility index (Phi) is 6.92. The number of amides is 2. The first kappa shape index (κ1) is 19.2. The minimum atomic E-state index is -0.230. The molecule has 0 aliphatic carbocycles. The molecule has 2 aromatic rings. The molecule has 0 aliphatic heterocycles. The van der Waals surface area contributed by atoms with Gasteiger partial charge in [-0.1, -0.05) is 43.7 Å². The number of carbonyl (C=O) groups is 2. The largest absolute Gasteiger partial charge is 0.355 e. The van der Waals surface area contributed by atoms with Crippen LogP contribution >= 0.6 is 0 Å². The van der Waals surface area contributed by atoms with Crippen LogP contribution in [-0.4, -0.2) is 36.9 Å². The zero-order chi connectivity index (χ0) is 18.9. The topological polar surface area (TPSA) is 73.2 Å². The summed E-state index contributed by atoms with van der Waals surface area (Å²) in [5.74, 6) is -0.396. The molecule has 5 heteroatoms. The van der Waals surface area contributed by atoms with Crippen molar-refractivity contribution in [3.8, 4) is 17.2 Å². The molecule has 2 amide bonds. The second-order valence-electron chi connectivity index (χ2n) is 6.10. The van der Waals surface area contributed by atoms with Crippen LogP contribution in [0.3, 0.4) is 0 Å². The van der Waals surface area contributed by atoms with Crippen LogP contribution in [0, 0.1) is 11.3 Å². The molecule has 134 valence electrons. The van der Waals surface area contributed by atoms with Crippen LogP contribution in [0.4, 0.5) is 0 Å². The summed E-state index contributed by atoms with van der Waals surface area (Å²) in [6.45, 7) is 2.69. The molecular weight excluding hydrogens is 326 g/mol. The fraction of sp³-hybridized carbons (Fsp3) is 0.286. The summed E-state index contributed by atoms with van der Waals surface area (Å²) in [6.07, 6.45) is 1.93. The molecule has 0 heterocycles. The van der Waals surface area contributed by atoms with Gasteiger partial charge >= 0.3 is 0 Å². The van der Waals surface area contributed by atoms with Gasteiger partial charge in [-0.15, -0.1) is 0 Å². The number of likely N-dealkylation sites (N-methyl/N-ethyl adjacent to an activating group) is 1. The number of nitrogens with zero attached hydrogens (tertiary/aromatic N) is 2. The SMILES string of the molecule is CCCCNC(=O)CN(C)C(=O)c1cccc(-c2ccccc2C#N)c1. The molecule has 0 aliphatic rings. The summed E-state index contributed by atoms with van der Waals surface area (Å²) < 4.78 is 0. The Morgan fingerprint density at radius 3 is 2.65 bits per heavy atom. The van der Waals surface area contributed by atoms with Gasteiger partial charge in [0.1, 0.15) is 0 Å². The van der Waals surface area contributed by atoms with Crippen molar-refractivity contribution in [3.05, 3.63) is 59.7 Å². The third-order valence-electron chi connectivity index (χ3n) is 4.05. The van der Waals surface area contributed by atoms with Crippen molar-refractivity contribution in [2.75, 3.05) is 20.1 Å². The molecule has 0 saturated carbocycles. The molecular formula is C21H23N3O2. The number of hydrogen-bond acceptors (Lipinski definition) is 3. The van der Waals surface area contributed by atoms with Crippen molar-refractivity contribution in [1.29, 1.82) is 5.26 Å². The smallest absolute Gasteiger partial charge is 0.254 e. The molecule has 0 radical (unpaired) electrons. The normalized spacial score (nSPS) is 10.0. The van der Waals surface area contributed by atoms with Crippen molar-refractivity contribution in [1.82, 2.24) is 10.2 Å². The average Bonchev–Trinajstić information content (AvgIpc) is 2.67. The van der Waals surface area contributed by atoms with E-state index in [0.717, 1.165) is 24.0 Å². The minimum Gasteiger partial charge on any atom is -0.355 e. The number of carbonyl (C=O) groups excluding carboxylic acids is 2. The van der Waals surface area contributed by atoms with Crippen LogP contribution < -0.4 is 5.32 Å². The maximum absolute atomic E-state index is 12.6. The average molecular weight is 349 g/mol. The Labute approximate surface area is 154 Å². The van der Waals surface area contributed by atoms with E-state index in [1.165, 1.54) is 4.90 Å². The first-order valence-corrected chi connectivity index (χ1v) is 8.68. The van der Waals surface area contributed by atoms with Gasteiger partial charge in [0.25, 0.3) is 5.91 Å². The number of unbranched alkanes of at least 4 members (excludes halogenated alkanes) is 1. The zero-order valence-electron chi connectivity index (χ0n) is 15.2. The van der Waals surface area contributed by atoms with Crippen LogP contribution in [0.2, 0.25) is 0 Å². The number of nitrogens with one attached hydrogen (secondary N) is 1. The van der Waals surface area contributed by atoms with Crippen molar-refractivity contribution in [2.45, 2.75) is 19.8 Å². The summed E-state index contributed by atoms with van der Waals surface area (Å²) >= 11 is 0. The third-order valence-corrected chi connectivity index (χ3v) is 4.05. The molecule has 0 atom stereocenters.